The van der Waals surface area contributed by atoms with E-state index in [0.29, 0.717) is 25.0 Å². The van der Waals surface area contributed by atoms with Crippen LogP contribution in [-0.2, 0) is 9.53 Å². The van der Waals surface area contributed by atoms with Crippen molar-refractivity contribution in [2.75, 3.05) is 25.6 Å². The van der Waals surface area contributed by atoms with E-state index in [1.54, 1.807) is 7.11 Å². The van der Waals surface area contributed by atoms with Crippen LogP contribution in [0.2, 0.25) is 0 Å². The molecule has 88 valence electrons. The van der Waals surface area contributed by atoms with Crippen LogP contribution in [0.15, 0.2) is 0 Å². The lowest BCUT2D eigenvalue weighted by atomic mass is 10.2. The van der Waals surface area contributed by atoms with Crippen LogP contribution >= 0.6 is 15.9 Å². The van der Waals surface area contributed by atoms with Gasteiger partial charge in [0.15, 0.2) is 0 Å². The minimum atomic E-state index is 0.301. The van der Waals surface area contributed by atoms with Crippen molar-refractivity contribution in [1.29, 1.82) is 0 Å². The fraction of sp³-hybridized carbons (Fsp3) is 0.909. The molecule has 0 bridgehead atoms. The van der Waals surface area contributed by atoms with Crippen LogP contribution in [0.25, 0.3) is 0 Å². The van der Waals surface area contributed by atoms with Gasteiger partial charge in [-0.15, -0.1) is 0 Å². The third-order valence-corrected chi connectivity index (χ3v) is 3.18. The highest BCUT2D eigenvalue weighted by molar-refractivity contribution is 9.09. The van der Waals surface area contributed by atoms with Crippen LogP contribution in [0.4, 0.5) is 0 Å². The summed E-state index contributed by atoms with van der Waals surface area (Å²) in [5, 5.41) is 0.988. The number of alkyl halides is 1. The lowest BCUT2D eigenvalue weighted by Gasteiger charge is -2.21. The van der Waals surface area contributed by atoms with Gasteiger partial charge in [0, 0.05) is 31.4 Å². The summed E-state index contributed by atoms with van der Waals surface area (Å²) in [4.78, 5) is 13.9. The van der Waals surface area contributed by atoms with Gasteiger partial charge in [-0.3, -0.25) is 4.79 Å². The second-order valence-corrected chi connectivity index (χ2v) is 4.75. The maximum atomic E-state index is 11.9. The zero-order valence-electron chi connectivity index (χ0n) is 9.38. The van der Waals surface area contributed by atoms with Crippen molar-refractivity contribution in [3.8, 4) is 0 Å². The van der Waals surface area contributed by atoms with Gasteiger partial charge < -0.3 is 9.64 Å². The third kappa shape index (κ3) is 4.98. The highest BCUT2D eigenvalue weighted by Crippen LogP contribution is 2.27. The average molecular weight is 278 g/mol. The first-order valence-corrected chi connectivity index (χ1v) is 6.76. The molecule has 1 fully saturated rings. The summed E-state index contributed by atoms with van der Waals surface area (Å²) in [6.45, 7) is 1.41. The average Bonchev–Trinajstić information content (AvgIpc) is 3.03. The molecule has 0 saturated heterocycles. The van der Waals surface area contributed by atoms with Gasteiger partial charge in [-0.25, -0.2) is 0 Å². The van der Waals surface area contributed by atoms with E-state index in [1.165, 1.54) is 12.8 Å². The number of rotatable bonds is 8. The Balaban J connectivity index is 2.24. The lowest BCUT2D eigenvalue weighted by molar-refractivity contribution is -0.132. The Labute approximate surface area is 100 Å². The largest absolute Gasteiger partial charge is 0.383 e. The summed E-state index contributed by atoms with van der Waals surface area (Å²) >= 11 is 3.37. The van der Waals surface area contributed by atoms with Crippen molar-refractivity contribution in [2.24, 2.45) is 0 Å². The molecule has 15 heavy (non-hydrogen) atoms. The lowest BCUT2D eigenvalue weighted by Crippen LogP contribution is -2.35. The first-order valence-electron chi connectivity index (χ1n) is 5.64. The van der Waals surface area contributed by atoms with Gasteiger partial charge in [0.1, 0.15) is 0 Å². The number of carbonyl (C=O) groups excluding carboxylic acids is 1. The van der Waals surface area contributed by atoms with Crippen molar-refractivity contribution in [2.45, 2.75) is 38.1 Å². The Morgan fingerprint density at radius 2 is 2.20 bits per heavy atom. The van der Waals surface area contributed by atoms with E-state index in [9.17, 15) is 4.79 Å². The smallest absolute Gasteiger partial charge is 0.222 e. The minimum absolute atomic E-state index is 0.301. The number of unbranched alkanes of at least 4 members (excludes halogenated alkanes) is 1. The second-order valence-electron chi connectivity index (χ2n) is 3.96. The predicted molar refractivity (Wildman–Crippen MR) is 64.3 cm³/mol. The molecule has 4 heteroatoms. The molecule has 1 aliphatic rings. The number of amides is 1. The van der Waals surface area contributed by atoms with E-state index < -0.39 is 0 Å². The molecule has 1 aliphatic carbocycles. The van der Waals surface area contributed by atoms with E-state index in [0.717, 1.165) is 24.7 Å². The van der Waals surface area contributed by atoms with Crippen LogP contribution in [0.1, 0.15) is 32.1 Å². The maximum Gasteiger partial charge on any atom is 0.222 e. The number of halogens is 1. The fourth-order valence-corrected chi connectivity index (χ4v) is 2.00. The minimum Gasteiger partial charge on any atom is -0.383 e. The van der Waals surface area contributed by atoms with E-state index in [2.05, 4.69) is 15.9 Å². The summed E-state index contributed by atoms with van der Waals surface area (Å²) in [5.41, 5.74) is 0. The molecular weight excluding hydrogens is 258 g/mol. The van der Waals surface area contributed by atoms with Gasteiger partial charge in [0.2, 0.25) is 5.91 Å². The van der Waals surface area contributed by atoms with E-state index in [-0.39, 0.29) is 0 Å². The number of hydrogen-bond donors (Lipinski definition) is 0. The van der Waals surface area contributed by atoms with Crippen LogP contribution in [-0.4, -0.2) is 42.4 Å². The summed E-state index contributed by atoms with van der Waals surface area (Å²) in [7, 11) is 1.68. The standard InChI is InChI=1S/C11H20BrNO2/c1-15-9-8-13(10-5-6-10)11(14)4-2-3-7-12/h10H,2-9H2,1H3. The summed E-state index contributed by atoms with van der Waals surface area (Å²) < 4.78 is 5.02. The van der Waals surface area contributed by atoms with Crippen LogP contribution in [0.3, 0.4) is 0 Å². The molecular formula is C11H20BrNO2. The molecule has 0 aromatic rings. The van der Waals surface area contributed by atoms with Gasteiger partial charge in [-0.2, -0.15) is 0 Å². The topological polar surface area (TPSA) is 29.5 Å². The van der Waals surface area contributed by atoms with Gasteiger partial charge >= 0.3 is 0 Å². The number of nitrogens with zero attached hydrogens (tertiary/aromatic N) is 1. The van der Waals surface area contributed by atoms with Crippen molar-refractivity contribution >= 4 is 21.8 Å². The zero-order valence-corrected chi connectivity index (χ0v) is 11.0. The second kappa shape index (κ2) is 7.23. The molecule has 0 aromatic heterocycles. The van der Waals surface area contributed by atoms with Gasteiger partial charge in [0.05, 0.1) is 6.61 Å². The Kier molecular flexibility index (Phi) is 6.25. The number of carbonyl (C=O) groups is 1. The highest BCUT2D eigenvalue weighted by Gasteiger charge is 2.31. The maximum absolute atomic E-state index is 11.9. The predicted octanol–water partition coefficient (Wildman–Crippen LogP) is 2.19. The zero-order chi connectivity index (χ0) is 11.1. The Bertz CT molecular complexity index is 195. The van der Waals surface area contributed by atoms with Crippen molar-refractivity contribution in [3.05, 3.63) is 0 Å². The van der Waals surface area contributed by atoms with Crippen molar-refractivity contribution in [3.63, 3.8) is 0 Å². The summed E-state index contributed by atoms with van der Waals surface area (Å²) in [6.07, 6.45) is 5.10. The van der Waals surface area contributed by atoms with Crippen molar-refractivity contribution in [1.82, 2.24) is 4.90 Å². The number of hydrogen-bond acceptors (Lipinski definition) is 2. The highest BCUT2D eigenvalue weighted by atomic mass is 79.9. The molecule has 0 radical (unpaired) electrons. The molecule has 1 amide bonds. The normalized spacial score (nSPS) is 15.3. The first-order chi connectivity index (χ1) is 7.29. The molecule has 0 unspecified atom stereocenters. The molecule has 1 saturated carbocycles. The summed E-state index contributed by atoms with van der Waals surface area (Å²) in [5.74, 6) is 0.301. The monoisotopic (exact) mass is 277 g/mol. The molecule has 0 heterocycles. The Hall–Kier alpha value is -0.0900. The fourth-order valence-electron chi connectivity index (χ4n) is 1.60. The SMILES string of the molecule is COCCN(C(=O)CCCCBr)C1CC1. The summed E-state index contributed by atoms with van der Waals surface area (Å²) in [6, 6.07) is 0.511. The van der Waals surface area contributed by atoms with E-state index in [1.807, 2.05) is 4.90 Å². The van der Waals surface area contributed by atoms with Crippen LogP contribution < -0.4 is 0 Å². The number of ether oxygens (including phenoxy) is 1. The molecule has 0 atom stereocenters. The molecule has 0 aromatic carbocycles. The Morgan fingerprint density at radius 3 is 2.73 bits per heavy atom. The van der Waals surface area contributed by atoms with E-state index >= 15 is 0 Å². The molecule has 0 aliphatic heterocycles. The first kappa shape index (κ1) is 13.0. The Morgan fingerprint density at radius 1 is 1.47 bits per heavy atom. The molecule has 1 rings (SSSR count). The van der Waals surface area contributed by atoms with Gasteiger partial charge in [0.25, 0.3) is 0 Å². The molecule has 0 spiro atoms. The molecule has 3 nitrogen and oxygen atoms in total. The van der Waals surface area contributed by atoms with E-state index in [4.69, 9.17) is 4.74 Å². The van der Waals surface area contributed by atoms with Crippen molar-refractivity contribution < 1.29 is 9.53 Å². The third-order valence-electron chi connectivity index (χ3n) is 2.62. The van der Waals surface area contributed by atoms with Crippen LogP contribution in [0, 0.1) is 0 Å². The van der Waals surface area contributed by atoms with Gasteiger partial charge in [-0.05, 0) is 25.7 Å². The number of methoxy groups -OCH3 is 1. The quantitative estimate of drug-likeness (QED) is 0.503. The molecule has 0 N–H and O–H groups in total. The van der Waals surface area contributed by atoms with Gasteiger partial charge in [-0.1, -0.05) is 15.9 Å². The van der Waals surface area contributed by atoms with Crippen LogP contribution in [0.5, 0.6) is 0 Å².